The second-order valence-electron chi connectivity index (χ2n) is 5.72. The highest BCUT2D eigenvalue weighted by Gasteiger charge is 2.41. The van der Waals surface area contributed by atoms with Crippen molar-refractivity contribution in [1.29, 1.82) is 0 Å². The van der Waals surface area contributed by atoms with E-state index in [1.165, 1.54) is 11.1 Å². The number of ether oxygens (including phenoxy) is 2. The number of nitrogens with one attached hydrogen (secondary N) is 1. The van der Waals surface area contributed by atoms with E-state index in [9.17, 15) is 5.11 Å². The second kappa shape index (κ2) is 5.02. The molecule has 1 aromatic rings. The zero-order valence-corrected chi connectivity index (χ0v) is 11.4. The Labute approximate surface area is 113 Å². The van der Waals surface area contributed by atoms with Crippen LogP contribution in [0.1, 0.15) is 24.0 Å². The largest absolute Gasteiger partial charge is 0.454 e. The Hall–Kier alpha value is -1.26. The molecule has 0 spiro atoms. The van der Waals surface area contributed by atoms with Crippen molar-refractivity contribution in [3.8, 4) is 11.5 Å². The molecule has 1 heterocycles. The van der Waals surface area contributed by atoms with Gasteiger partial charge in [-0.3, -0.25) is 0 Å². The molecule has 1 saturated carbocycles. The molecule has 1 fully saturated rings. The first kappa shape index (κ1) is 12.8. The summed E-state index contributed by atoms with van der Waals surface area (Å²) in [6.07, 6.45) is 3.28. The molecule has 0 unspecified atom stereocenters. The van der Waals surface area contributed by atoms with Crippen molar-refractivity contribution >= 4 is 0 Å². The lowest BCUT2D eigenvalue weighted by Crippen LogP contribution is -2.28. The Kier molecular flexibility index (Phi) is 3.37. The maximum absolute atomic E-state index is 9.25. The zero-order chi connectivity index (χ0) is 13.3. The Balaban J connectivity index is 1.52. The predicted molar refractivity (Wildman–Crippen MR) is 72.6 cm³/mol. The van der Waals surface area contributed by atoms with E-state index >= 15 is 0 Å². The molecule has 1 aromatic carbocycles. The van der Waals surface area contributed by atoms with Gasteiger partial charge in [-0.1, -0.05) is 0 Å². The van der Waals surface area contributed by atoms with Crippen LogP contribution in [0.5, 0.6) is 11.5 Å². The predicted octanol–water partition coefficient (Wildman–Crippen LogP) is 1.63. The molecular formula is C15H21NO3. The minimum atomic E-state index is 0.184. The van der Waals surface area contributed by atoms with Gasteiger partial charge in [-0.05, 0) is 56.0 Å². The fourth-order valence-corrected chi connectivity index (χ4v) is 2.50. The third-order valence-electron chi connectivity index (χ3n) is 4.19. The fourth-order valence-electron chi connectivity index (χ4n) is 2.50. The molecule has 0 radical (unpaired) electrons. The number of aryl methyl sites for hydroxylation is 1. The van der Waals surface area contributed by atoms with Gasteiger partial charge in [0, 0.05) is 18.6 Å². The van der Waals surface area contributed by atoms with E-state index in [2.05, 4.69) is 18.3 Å². The standard InChI is InChI=1S/C15H21NO3/c1-11-6-13-14(19-10-18-13)7-12(11)2-5-16-8-15(9-17)3-4-15/h6-7,16-17H,2-5,8-10H2,1H3. The minimum absolute atomic E-state index is 0.184. The minimum Gasteiger partial charge on any atom is -0.454 e. The molecular weight excluding hydrogens is 242 g/mol. The van der Waals surface area contributed by atoms with Gasteiger partial charge in [0.05, 0.1) is 0 Å². The number of aliphatic hydroxyl groups excluding tert-OH is 1. The highest BCUT2D eigenvalue weighted by molar-refractivity contribution is 5.48. The van der Waals surface area contributed by atoms with Crippen LogP contribution in [-0.2, 0) is 6.42 Å². The maximum Gasteiger partial charge on any atom is 0.231 e. The fraction of sp³-hybridized carbons (Fsp3) is 0.600. The smallest absolute Gasteiger partial charge is 0.231 e. The normalized spacial score (nSPS) is 18.6. The summed E-state index contributed by atoms with van der Waals surface area (Å²) in [4.78, 5) is 0. The Bertz CT molecular complexity index is 469. The van der Waals surface area contributed by atoms with Crippen molar-refractivity contribution in [2.45, 2.75) is 26.2 Å². The molecule has 0 amide bonds. The number of aliphatic hydroxyl groups is 1. The molecule has 0 saturated heterocycles. The lowest BCUT2D eigenvalue weighted by atomic mass is 10.0. The molecule has 1 aliphatic heterocycles. The van der Waals surface area contributed by atoms with Gasteiger partial charge < -0.3 is 19.9 Å². The van der Waals surface area contributed by atoms with Crippen LogP contribution in [0.25, 0.3) is 0 Å². The lowest BCUT2D eigenvalue weighted by Gasteiger charge is -2.13. The summed E-state index contributed by atoms with van der Waals surface area (Å²) in [6, 6.07) is 4.13. The van der Waals surface area contributed by atoms with Crippen molar-refractivity contribution in [3.63, 3.8) is 0 Å². The molecule has 2 N–H and O–H groups in total. The first-order valence-corrected chi connectivity index (χ1v) is 6.93. The highest BCUT2D eigenvalue weighted by atomic mass is 16.7. The van der Waals surface area contributed by atoms with Gasteiger partial charge in [0.1, 0.15) is 0 Å². The van der Waals surface area contributed by atoms with Crippen molar-refractivity contribution in [2.75, 3.05) is 26.5 Å². The van der Waals surface area contributed by atoms with Crippen LogP contribution < -0.4 is 14.8 Å². The van der Waals surface area contributed by atoms with Gasteiger partial charge in [0.15, 0.2) is 11.5 Å². The first-order valence-electron chi connectivity index (χ1n) is 6.93. The highest BCUT2D eigenvalue weighted by Crippen LogP contribution is 2.44. The molecule has 3 rings (SSSR count). The average Bonchev–Trinajstić information content (AvgIpc) is 3.06. The van der Waals surface area contributed by atoms with Gasteiger partial charge in [-0.15, -0.1) is 0 Å². The monoisotopic (exact) mass is 263 g/mol. The van der Waals surface area contributed by atoms with E-state index in [0.717, 1.165) is 43.9 Å². The van der Waals surface area contributed by atoms with Gasteiger partial charge in [-0.25, -0.2) is 0 Å². The number of hydrogen-bond acceptors (Lipinski definition) is 4. The van der Waals surface area contributed by atoms with Crippen LogP contribution in [0, 0.1) is 12.3 Å². The SMILES string of the molecule is Cc1cc2c(cc1CCNCC1(CO)CC1)OCO2. The van der Waals surface area contributed by atoms with Gasteiger partial charge in [0.25, 0.3) is 0 Å². The molecule has 4 heteroatoms. The van der Waals surface area contributed by atoms with E-state index in [-0.39, 0.29) is 5.41 Å². The summed E-state index contributed by atoms with van der Waals surface area (Å²) in [7, 11) is 0. The Morgan fingerprint density at radius 2 is 2.00 bits per heavy atom. The number of benzene rings is 1. The van der Waals surface area contributed by atoms with Gasteiger partial charge in [-0.2, -0.15) is 0 Å². The van der Waals surface area contributed by atoms with Crippen molar-refractivity contribution in [3.05, 3.63) is 23.3 Å². The molecule has 0 atom stereocenters. The topological polar surface area (TPSA) is 50.7 Å². The number of hydrogen-bond donors (Lipinski definition) is 2. The van der Waals surface area contributed by atoms with E-state index in [4.69, 9.17) is 9.47 Å². The van der Waals surface area contributed by atoms with Crippen molar-refractivity contribution in [1.82, 2.24) is 5.32 Å². The zero-order valence-electron chi connectivity index (χ0n) is 11.4. The van der Waals surface area contributed by atoms with Gasteiger partial charge >= 0.3 is 0 Å². The van der Waals surface area contributed by atoms with Crippen LogP contribution in [0.2, 0.25) is 0 Å². The van der Waals surface area contributed by atoms with Crippen LogP contribution in [-0.4, -0.2) is 31.6 Å². The number of rotatable bonds is 6. The van der Waals surface area contributed by atoms with Crippen molar-refractivity contribution < 1.29 is 14.6 Å². The summed E-state index contributed by atoms with van der Waals surface area (Å²) >= 11 is 0. The van der Waals surface area contributed by atoms with E-state index in [0.29, 0.717) is 13.4 Å². The Morgan fingerprint density at radius 1 is 1.26 bits per heavy atom. The average molecular weight is 263 g/mol. The molecule has 1 aliphatic carbocycles. The maximum atomic E-state index is 9.25. The molecule has 0 aromatic heterocycles. The van der Waals surface area contributed by atoms with E-state index in [1.54, 1.807) is 0 Å². The summed E-state index contributed by atoms with van der Waals surface area (Å²) < 4.78 is 10.8. The molecule has 104 valence electrons. The van der Waals surface area contributed by atoms with Crippen LogP contribution in [0.3, 0.4) is 0 Å². The van der Waals surface area contributed by atoms with Crippen molar-refractivity contribution in [2.24, 2.45) is 5.41 Å². The molecule has 4 nitrogen and oxygen atoms in total. The van der Waals surface area contributed by atoms with Gasteiger partial charge in [0.2, 0.25) is 6.79 Å². The third-order valence-corrected chi connectivity index (χ3v) is 4.19. The van der Waals surface area contributed by atoms with Crippen LogP contribution in [0.4, 0.5) is 0 Å². The van der Waals surface area contributed by atoms with E-state index in [1.807, 2.05) is 6.07 Å². The molecule has 19 heavy (non-hydrogen) atoms. The summed E-state index contributed by atoms with van der Waals surface area (Å²) in [5.74, 6) is 1.71. The molecule has 0 bridgehead atoms. The summed E-state index contributed by atoms with van der Waals surface area (Å²) in [5, 5.41) is 12.7. The molecule has 2 aliphatic rings. The van der Waals surface area contributed by atoms with E-state index < -0.39 is 0 Å². The quantitative estimate of drug-likeness (QED) is 0.766. The Morgan fingerprint density at radius 3 is 2.68 bits per heavy atom. The summed E-state index contributed by atoms with van der Waals surface area (Å²) in [5.41, 5.74) is 2.73. The van der Waals surface area contributed by atoms with Crippen LogP contribution >= 0.6 is 0 Å². The number of fused-ring (bicyclic) bond motifs is 1. The summed E-state index contributed by atoms with van der Waals surface area (Å²) in [6.45, 7) is 4.60. The second-order valence-corrected chi connectivity index (χ2v) is 5.72. The first-order chi connectivity index (χ1) is 9.22. The lowest BCUT2D eigenvalue weighted by molar-refractivity contribution is 0.174. The van der Waals surface area contributed by atoms with Crippen LogP contribution in [0.15, 0.2) is 12.1 Å². The third kappa shape index (κ3) is 2.69.